The molecule has 2 N–H and O–H groups in total. The Bertz CT molecular complexity index is 289. The predicted molar refractivity (Wildman–Crippen MR) is 68.6 cm³/mol. The standard InChI is InChI=1S/C13H24N2O2/c1-4-10(2)12(14)13(16)15-7-5-11(6-8-15)9-17-3/h5,10,12H,4,6-9,14H2,1-3H3/t10?,12-/m0/s1. The highest BCUT2D eigenvalue weighted by atomic mass is 16.5. The van der Waals surface area contributed by atoms with Gasteiger partial charge in [-0.2, -0.15) is 0 Å². The molecule has 1 aliphatic heterocycles. The molecule has 1 aliphatic rings. The second-order valence-corrected chi connectivity index (χ2v) is 4.74. The van der Waals surface area contributed by atoms with Gasteiger partial charge in [0.05, 0.1) is 12.6 Å². The molecule has 4 nitrogen and oxygen atoms in total. The minimum atomic E-state index is -0.364. The molecule has 0 bridgehead atoms. The maximum Gasteiger partial charge on any atom is 0.240 e. The zero-order valence-corrected chi connectivity index (χ0v) is 11.1. The van der Waals surface area contributed by atoms with Gasteiger partial charge in [-0.1, -0.05) is 26.3 Å². The van der Waals surface area contributed by atoms with Crippen molar-refractivity contribution >= 4 is 5.91 Å². The van der Waals surface area contributed by atoms with Crippen molar-refractivity contribution in [3.05, 3.63) is 11.6 Å². The van der Waals surface area contributed by atoms with E-state index in [-0.39, 0.29) is 17.9 Å². The van der Waals surface area contributed by atoms with Gasteiger partial charge in [0.1, 0.15) is 0 Å². The molecule has 0 saturated carbocycles. The van der Waals surface area contributed by atoms with Crippen LogP contribution in [-0.2, 0) is 9.53 Å². The van der Waals surface area contributed by atoms with Gasteiger partial charge in [-0.25, -0.2) is 0 Å². The molecule has 0 radical (unpaired) electrons. The Morgan fingerprint density at radius 3 is 2.82 bits per heavy atom. The largest absolute Gasteiger partial charge is 0.380 e. The number of amides is 1. The summed E-state index contributed by atoms with van der Waals surface area (Å²) in [6.45, 7) is 6.18. The molecule has 1 amide bonds. The Labute approximate surface area is 104 Å². The van der Waals surface area contributed by atoms with E-state index in [9.17, 15) is 4.79 Å². The number of methoxy groups -OCH3 is 1. The van der Waals surface area contributed by atoms with Crippen molar-refractivity contribution in [2.45, 2.75) is 32.7 Å². The van der Waals surface area contributed by atoms with Crippen molar-refractivity contribution in [1.29, 1.82) is 0 Å². The van der Waals surface area contributed by atoms with Gasteiger partial charge in [0.2, 0.25) is 5.91 Å². The third-order valence-electron chi connectivity index (χ3n) is 3.49. The normalized spacial score (nSPS) is 19.8. The van der Waals surface area contributed by atoms with Crippen LogP contribution in [0.25, 0.3) is 0 Å². The molecule has 0 aromatic rings. The molecule has 17 heavy (non-hydrogen) atoms. The Balaban J connectivity index is 2.51. The molecule has 4 heteroatoms. The second kappa shape index (κ2) is 6.77. The summed E-state index contributed by atoms with van der Waals surface area (Å²) in [6, 6.07) is -0.364. The summed E-state index contributed by atoms with van der Waals surface area (Å²) in [5.41, 5.74) is 7.23. The summed E-state index contributed by atoms with van der Waals surface area (Å²) >= 11 is 0. The number of carbonyl (C=O) groups excluding carboxylic acids is 1. The van der Waals surface area contributed by atoms with Gasteiger partial charge in [-0.15, -0.1) is 0 Å². The number of ether oxygens (including phenoxy) is 1. The summed E-state index contributed by atoms with van der Waals surface area (Å²) in [6.07, 6.45) is 3.91. The zero-order chi connectivity index (χ0) is 12.8. The fraction of sp³-hybridized carbons (Fsp3) is 0.769. The number of carbonyl (C=O) groups is 1. The van der Waals surface area contributed by atoms with Gasteiger partial charge < -0.3 is 15.4 Å². The lowest BCUT2D eigenvalue weighted by atomic mass is 9.98. The van der Waals surface area contributed by atoms with Crippen molar-refractivity contribution in [3.8, 4) is 0 Å². The van der Waals surface area contributed by atoms with E-state index in [1.807, 2.05) is 11.8 Å². The number of rotatable bonds is 5. The van der Waals surface area contributed by atoms with Crippen LogP contribution in [0.3, 0.4) is 0 Å². The molecule has 1 heterocycles. The Kier molecular flexibility index (Phi) is 5.65. The van der Waals surface area contributed by atoms with E-state index in [1.165, 1.54) is 5.57 Å². The molecule has 0 fully saturated rings. The van der Waals surface area contributed by atoms with Crippen molar-refractivity contribution in [1.82, 2.24) is 4.90 Å². The van der Waals surface area contributed by atoms with Crippen molar-refractivity contribution in [2.24, 2.45) is 11.7 Å². The van der Waals surface area contributed by atoms with E-state index in [2.05, 4.69) is 13.0 Å². The van der Waals surface area contributed by atoms with Crippen LogP contribution in [-0.4, -0.2) is 43.7 Å². The summed E-state index contributed by atoms with van der Waals surface area (Å²) < 4.78 is 5.08. The van der Waals surface area contributed by atoms with E-state index in [1.54, 1.807) is 7.11 Å². The van der Waals surface area contributed by atoms with Crippen LogP contribution in [0.1, 0.15) is 26.7 Å². The Morgan fingerprint density at radius 1 is 1.65 bits per heavy atom. The van der Waals surface area contributed by atoms with Crippen LogP contribution in [0.15, 0.2) is 11.6 Å². The molecule has 0 aliphatic carbocycles. The molecular formula is C13H24N2O2. The first-order valence-electron chi connectivity index (χ1n) is 6.31. The van der Waals surface area contributed by atoms with Gasteiger partial charge in [-0.05, 0) is 17.9 Å². The second-order valence-electron chi connectivity index (χ2n) is 4.74. The van der Waals surface area contributed by atoms with Gasteiger partial charge in [0.25, 0.3) is 0 Å². The smallest absolute Gasteiger partial charge is 0.240 e. The Morgan fingerprint density at radius 2 is 2.35 bits per heavy atom. The lowest BCUT2D eigenvalue weighted by molar-refractivity contribution is -0.133. The topological polar surface area (TPSA) is 55.6 Å². The minimum absolute atomic E-state index is 0.0760. The monoisotopic (exact) mass is 240 g/mol. The lowest BCUT2D eigenvalue weighted by Crippen LogP contribution is -2.48. The average Bonchev–Trinajstić information content (AvgIpc) is 2.37. The third kappa shape index (κ3) is 3.82. The van der Waals surface area contributed by atoms with Crippen molar-refractivity contribution < 1.29 is 9.53 Å². The van der Waals surface area contributed by atoms with Crippen molar-refractivity contribution in [2.75, 3.05) is 26.8 Å². The van der Waals surface area contributed by atoms with Crippen LogP contribution < -0.4 is 5.73 Å². The van der Waals surface area contributed by atoms with Crippen LogP contribution in [0.4, 0.5) is 0 Å². The highest BCUT2D eigenvalue weighted by molar-refractivity contribution is 5.82. The quantitative estimate of drug-likeness (QED) is 0.734. The number of nitrogens with two attached hydrogens (primary N) is 1. The predicted octanol–water partition coefficient (Wildman–Crippen LogP) is 1.16. The summed E-state index contributed by atoms with van der Waals surface area (Å²) in [5, 5.41) is 0. The zero-order valence-electron chi connectivity index (χ0n) is 11.1. The molecule has 1 unspecified atom stereocenters. The first-order chi connectivity index (χ1) is 8.10. The van der Waals surface area contributed by atoms with Gasteiger partial charge >= 0.3 is 0 Å². The SMILES string of the molecule is CCC(C)[C@H](N)C(=O)N1CC=C(COC)CC1. The van der Waals surface area contributed by atoms with Crippen LogP contribution in [0, 0.1) is 5.92 Å². The van der Waals surface area contributed by atoms with E-state index in [0.29, 0.717) is 13.2 Å². The highest BCUT2D eigenvalue weighted by Crippen LogP contribution is 2.14. The molecule has 0 aromatic heterocycles. The molecular weight excluding hydrogens is 216 g/mol. The Hall–Kier alpha value is -0.870. The van der Waals surface area contributed by atoms with E-state index >= 15 is 0 Å². The van der Waals surface area contributed by atoms with Crippen LogP contribution in [0.2, 0.25) is 0 Å². The molecule has 0 saturated heterocycles. The summed E-state index contributed by atoms with van der Waals surface area (Å²) in [4.78, 5) is 13.9. The fourth-order valence-electron chi connectivity index (χ4n) is 1.94. The average molecular weight is 240 g/mol. The number of hydrogen-bond acceptors (Lipinski definition) is 3. The van der Waals surface area contributed by atoms with Crippen LogP contribution >= 0.6 is 0 Å². The molecule has 2 atom stereocenters. The molecule has 0 spiro atoms. The molecule has 0 aromatic carbocycles. The van der Waals surface area contributed by atoms with E-state index in [4.69, 9.17) is 10.5 Å². The third-order valence-corrected chi connectivity index (χ3v) is 3.49. The first-order valence-corrected chi connectivity index (χ1v) is 6.31. The van der Waals surface area contributed by atoms with E-state index in [0.717, 1.165) is 19.4 Å². The molecule has 1 rings (SSSR count). The van der Waals surface area contributed by atoms with Crippen molar-refractivity contribution in [3.63, 3.8) is 0 Å². The van der Waals surface area contributed by atoms with E-state index < -0.39 is 0 Å². The maximum atomic E-state index is 12.1. The minimum Gasteiger partial charge on any atom is -0.380 e. The maximum absolute atomic E-state index is 12.1. The van der Waals surface area contributed by atoms with Gasteiger partial charge in [0, 0.05) is 20.2 Å². The molecule has 98 valence electrons. The summed E-state index contributed by atoms with van der Waals surface area (Å²) in [5.74, 6) is 0.318. The summed E-state index contributed by atoms with van der Waals surface area (Å²) in [7, 11) is 1.69. The number of hydrogen-bond donors (Lipinski definition) is 1. The lowest BCUT2D eigenvalue weighted by Gasteiger charge is -2.30. The number of nitrogens with zero attached hydrogens (tertiary/aromatic N) is 1. The first kappa shape index (κ1) is 14.2. The van der Waals surface area contributed by atoms with Crippen LogP contribution in [0.5, 0.6) is 0 Å². The highest BCUT2D eigenvalue weighted by Gasteiger charge is 2.25. The fourth-order valence-corrected chi connectivity index (χ4v) is 1.94. The van der Waals surface area contributed by atoms with Gasteiger partial charge in [-0.3, -0.25) is 4.79 Å². The van der Waals surface area contributed by atoms with Gasteiger partial charge in [0.15, 0.2) is 0 Å².